The fraction of sp³-hybridized carbons (Fsp3) is 0.350. The Morgan fingerprint density at radius 3 is 2.69 bits per heavy atom. The van der Waals surface area contributed by atoms with Crippen molar-refractivity contribution in [1.82, 2.24) is 4.90 Å². The Balaban J connectivity index is 2.27. The van der Waals surface area contributed by atoms with Gasteiger partial charge in [-0.25, -0.2) is 0 Å². The molecule has 7 nitrogen and oxygen atoms in total. The van der Waals surface area contributed by atoms with Gasteiger partial charge < -0.3 is 14.2 Å². The van der Waals surface area contributed by atoms with Crippen molar-refractivity contribution in [3.05, 3.63) is 27.1 Å². The lowest BCUT2D eigenvalue weighted by Crippen LogP contribution is -2.35. The largest absolute Gasteiger partial charge is 0.490 e. The van der Waals surface area contributed by atoms with Gasteiger partial charge in [0, 0.05) is 0 Å². The molecule has 0 atom stereocenters. The van der Waals surface area contributed by atoms with Crippen molar-refractivity contribution in [3.8, 4) is 23.8 Å². The zero-order chi connectivity index (χ0) is 21.6. The van der Waals surface area contributed by atoms with Crippen LogP contribution in [0.4, 0.5) is 4.79 Å². The number of esters is 1. The summed E-state index contributed by atoms with van der Waals surface area (Å²) in [4.78, 5) is 37.6. The van der Waals surface area contributed by atoms with Gasteiger partial charge in [-0.3, -0.25) is 19.3 Å². The van der Waals surface area contributed by atoms with Crippen LogP contribution in [0.3, 0.4) is 0 Å². The van der Waals surface area contributed by atoms with E-state index in [-0.39, 0.29) is 17.6 Å². The van der Waals surface area contributed by atoms with Crippen LogP contribution in [0.1, 0.15) is 26.3 Å². The van der Waals surface area contributed by atoms with Crippen LogP contribution in [0.15, 0.2) is 21.5 Å². The van der Waals surface area contributed by atoms with Gasteiger partial charge in [0.1, 0.15) is 13.2 Å². The zero-order valence-electron chi connectivity index (χ0n) is 16.2. The maximum absolute atomic E-state index is 12.6. The van der Waals surface area contributed by atoms with E-state index >= 15 is 0 Å². The molecule has 9 heteroatoms. The predicted molar refractivity (Wildman–Crippen MR) is 114 cm³/mol. The number of rotatable bonds is 8. The molecule has 1 heterocycles. The van der Waals surface area contributed by atoms with Crippen molar-refractivity contribution < 1.29 is 28.6 Å². The van der Waals surface area contributed by atoms with Crippen LogP contribution in [0.2, 0.25) is 0 Å². The third-order valence-corrected chi connectivity index (χ3v) is 4.95. The fourth-order valence-electron chi connectivity index (χ4n) is 2.41. The van der Waals surface area contributed by atoms with E-state index in [2.05, 4.69) is 21.9 Å². The summed E-state index contributed by atoms with van der Waals surface area (Å²) in [6, 6.07) is 3.40. The Hall–Kier alpha value is -2.44. The summed E-state index contributed by atoms with van der Waals surface area (Å²) < 4.78 is 16.7. The highest BCUT2D eigenvalue weighted by Gasteiger charge is 2.36. The highest BCUT2D eigenvalue weighted by Crippen LogP contribution is 2.39. The van der Waals surface area contributed by atoms with Gasteiger partial charge in [0.25, 0.3) is 11.1 Å². The Kier molecular flexibility index (Phi) is 8.17. The minimum atomic E-state index is -0.639. The highest BCUT2D eigenvalue weighted by atomic mass is 79.9. The third kappa shape index (κ3) is 6.02. The molecule has 0 radical (unpaired) electrons. The topological polar surface area (TPSA) is 82.1 Å². The first-order valence-corrected chi connectivity index (χ1v) is 10.3. The SMILES string of the molecule is C#CCOc1c(Br)cc(/C=C2/SC(=O)N(CC(=O)OC(C)C)C2=O)cc1OCC. The first kappa shape index (κ1) is 22.8. The quantitative estimate of drug-likeness (QED) is 0.316. The van der Waals surface area contributed by atoms with Crippen LogP contribution < -0.4 is 9.47 Å². The number of halogens is 1. The zero-order valence-corrected chi connectivity index (χ0v) is 18.6. The lowest BCUT2D eigenvalue weighted by atomic mass is 10.2. The Morgan fingerprint density at radius 1 is 1.34 bits per heavy atom. The molecule has 1 aliphatic rings. The van der Waals surface area contributed by atoms with E-state index in [1.54, 1.807) is 32.1 Å². The van der Waals surface area contributed by atoms with Crippen LogP contribution >= 0.6 is 27.7 Å². The molecule has 0 saturated carbocycles. The molecule has 2 amide bonds. The summed E-state index contributed by atoms with van der Waals surface area (Å²) in [7, 11) is 0. The van der Waals surface area contributed by atoms with Gasteiger partial charge in [0.2, 0.25) is 0 Å². The molecule has 154 valence electrons. The first-order chi connectivity index (χ1) is 13.8. The number of carbonyl (C=O) groups is 3. The number of thioether (sulfide) groups is 1. The molecule has 1 aromatic carbocycles. The summed E-state index contributed by atoms with van der Waals surface area (Å²) in [5.41, 5.74) is 0.614. The Morgan fingerprint density at radius 2 is 2.07 bits per heavy atom. The molecule has 1 fully saturated rings. The van der Waals surface area contributed by atoms with E-state index in [0.29, 0.717) is 28.1 Å². The summed E-state index contributed by atoms with van der Waals surface area (Å²) >= 11 is 4.17. The second-order valence-corrected chi connectivity index (χ2v) is 7.91. The van der Waals surface area contributed by atoms with E-state index in [1.165, 1.54) is 0 Å². The van der Waals surface area contributed by atoms with E-state index in [4.69, 9.17) is 20.6 Å². The number of imide groups is 1. The Labute approximate surface area is 181 Å². The van der Waals surface area contributed by atoms with Crippen molar-refractivity contribution >= 4 is 50.9 Å². The fourth-order valence-corrected chi connectivity index (χ4v) is 3.82. The number of nitrogens with zero attached hydrogens (tertiary/aromatic N) is 1. The van der Waals surface area contributed by atoms with Gasteiger partial charge in [-0.05, 0) is 72.2 Å². The van der Waals surface area contributed by atoms with Gasteiger partial charge in [0.05, 0.1) is 22.1 Å². The molecule has 29 heavy (non-hydrogen) atoms. The van der Waals surface area contributed by atoms with E-state index < -0.39 is 23.7 Å². The average molecular weight is 482 g/mol. The molecule has 1 aromatic rings. The molecule has 1 aliphatic heterocycles. The number of ether oxygens (including phenoxy) is 3. The van der Waals surface area contributed by atoms with Crippen molar-refractivity contribution in [3.63, 3.8) is 0 Å². The van der Waals surface area contributed by atoms with Crippen molar-refractivity contribution in [1.29, 1.82) is 0 Å². The minimum absolute atomic E-state index is 0.0728. The average Bonchev–Trinajstić information content (AvgIpc) is 2.88. The molecule has 0 bridgehead atoms. The number of terminal acetylenes is 1. The molecule has 0 aliphatic carbocycles. The molecule has 0 spiro atoms. The summed E-state index contributed by atoms with van der Waals surface area (Å²) in [6.07, 6.45) is 6.46. The van der Waals surface area contributed by atoms with Crippen LogP contribution in [0.25, 0.3) is 6.08 Å². The van der Waals surface area contributed by atoms with Gasteiger partial charge >= 0.3 is 5.97 Å². The molecular weight excluding hydrogens is 462 g/mol. The smallest absolute Gasteiger partial charge is 0.326 e. The highest BCUT2D eigenvalue weighted by molar-refractivity contribution is 9.10. The molecule has 2 rings (SSSR count). The van der Waals surface area contributed by atoms with Crippen LogP contribution in [-0.2, 0) is 14.3 Å². The minimum Gasteiger partial charge on any atom is -0.490 e. The second-order valence-electron chi connectivity index (χ2n) is 6.06. The first-order valence-electron chi connectivity index (χ1n) is 8.74. The maximum atomic E-state index is 12.6. The normalized spacial score (nSPS) is 15.0. The number of hydrogen-bond acceptors (Lipinski definition) is 7. The third-order valence-electron chi connectivity index (χ3n) is 3.46. The van der Waals surface area contributed by atoms with E-state index in [9.17, 15) is 14.4 Å². The standard InChI is InChI=1S/C20H20BrNO6S/c1-5-7-27-18-14(21)8-13(9-15(18)26-6-2)10-16-19(24)22(20(25)29-16)11-17(23)28-12(3)4/h1,8-10,12H,6-7,11H2,2-4H3/b16-10+. The molecule has 0 N–H and O–H groups in total. The maximum Gasteiger partial charge on any atom is 0.326 e. The summed E-state index contributed by atoms with van der Waals surface area (Å²) in [5, 5.41) is -0.528. The number of amides is 2. The van der Waals surface area contributed by atoms with E-state index in [1.807, 2.05) is 6.92 Å². The van der Waals surface area contributed by atoms with Crippen LogP contribution in [0.5, 0.6) is 11.5 Å². The van der Waals surface area contributed by atoms with Crippen molar-refractivity contribution in [2.45, 2.75) is 26.9 Å². The molecule has 0 unspecified atom stereocenters. The van der Waals surface area contributed by atoms with Gasteiger partial charge in [-0.2, -0.15) is 0 Å². The lowest BCUT2D eigenvalue weighted by Gasteiger charge is -2.14. The number of benzene rings is 1. The van der Waals surface area contributed by atoms with Gasteiger partial charge in [0.15, 0.2) is 11.5 Å². The second kappa shape index (κ2) is 10.4. The Bertz CT molecular complexity index is 890. The number of hydrogen-bond donors (Lipinski definition) is 0. The number of carbonyl (C=O) groups excluding carboxylic acids is 3. The van der Waals surface area contributed by atoms with Crippen LogP contribution in [-0.4, -0.2) is 47.9 Å². The summed E-state index contributed by atoms with van der Waals surface area (Å²) in [6.45, 7) is 5.26. The van der Waals surface area contributed by atoms with Crippen LogP contribution in [0, 0.1) is 12.3 Å². The predicted octanol–water partition coefficient (Wildman–Crippen LogP) is 3.85. The van der Waals surface area contributed by atoms with E-state index in [0.717, 1.165) is 16.7 Å². The molecule has 0 aromatic heterocycles. The van der Waals surface area contributed by atoms with Gasteiger partial charge in [-0.15, -0.1) is 6.42 Å². The monoisotopic (exact) mass is 481 g/mol. The molecular formula is C20H20BrNO6S. The van der Waals surface area contributed by atoms with Gasteiger partial charge in [-0.1, -0.05) is 5.92 Å². The molecule has 1 saturated heterocycles. The van der Waals surface area contributed by atoms with Crippen molar-refractivity contribution in [2.75, 3.05) is 19.8 Å². The summed E-state index contributed by atoms with van der Waals surface area (Å²) in [5.74, 6) is 2.10. The lowest BCUT2D eigenvalue weighted by molar-refractivity contribution is -0.149. The van der Waals surface area contributed by atoms with Crippen molar-refractivity contribution in [2.24, 2.45) is 0 Å².